The van der Waals surface area contributed by atoms with Crippen molar-refractivity contribution < 1.29 is 28.0 Å². The van der Waals surface area contributed by atoms with Gasteiger partial charge in [-0.3, -0.25) is 19.6 Å². The summed E-state index contributed by atoms with van der Waals surface area (Å²) in [5.41, 5.74) is -0.692. The van der Waals surface area contributed by atoms with Gasteiger partial charge in [-0.1, -0.05) is 0 Å². The molecule has 1 N–H and O–H groups in total. The van der Waals surface area contributed by atoms with Gasteiger partial charge in [-0.15, -0.1) is 0 Å². The predicted molar refractivity (Wildman–Crippen MR) is 113 cm³/mol. The molecule has 0 unspecified atom stereocenters. The Morgan fingerprint density at radius 2 is 1.85 bits per heavy atom. The summed E-state index contributed by atoms with van der Waals surface area (Å²) < 4.78 is 36.2. The molecule has 1 aromatic heterocycles. The molecular formula is C22H24F2N4O5. The summed E-state index contributed by atoms with van der Waals surface area (Å²) in [4.78, 5) is 24.1. The highest BCUT2D eigenvalue weighted by molar-refractivity contribution is 6.05. The molecule has 176 valence electrons. The molecule has 4 bridgehead atoms. The summed E-state index contributed by atoms with van der Waals surface area (Å²) in [6.45, 7) is -3.03. The van der Waals surface area contributed by atoms with Crippen molar-refractivity contribution in [2.24, 2.45) is 17.8 Å². The van der Waals surface area contributed by atoms with Gasteiger partial charge in [0, 0.05) is 11.8 Å². The van der Waals surface area contributed by atoms with Gasteiger partial charge in [0.05, 0.1) is 17.6 Å². The molecule has 0 aliphatic heterocycles. The van der Waals surface area contributed by atoms with Gasteiger partial charge in [0.2, 0.25) is 5.69 Å². The van der Waals surface area contributed by atoms with Gasteiger partial charge in [0.1, 0.15) is 6.20 Å². The van der Waals surface area contributed by atoms with Gasteiger partial charge >= 0.3 is 12.3 Å². The first-order valence-corrected chi connectivity index (χ1v) is 10.9. The third-order valence-electron chi connectivity index (χ3n) is 7.24. The van der Waals surface area contributed by atoms with E-state index >= 15 is 0 Å². The van der Waals surface area contributed by atoms with E-state index in [2.05, 4.69) is 15.2 Å². The van der Waals surface area contributed by atoms with E-state index in [4.69, 9.17) is 4.74 Å². The molecule has 9 nitrogen and oxygen atoms in total. The number of hydrogen-bond acceptors (Lipinski definition) is 6. The highest BCUT2D eigenvalue weighted by atomic mass is 19.3. The molecule has 0 radical (unpaired) electrons. The predicted octanol–water partition coefficient (Wildman–Crippen LogP) is 4.58. The van der Waals surface area contributed by atoms with Gasteiger partial charge in [-0.2, -0.15) is 13.9 Å². The Morgan fingerprint density at radius 3 is 2.39 bits per heavy atom. The van der Waals surface area contributed by atoms with Crippen LogP contribution < -0.4 is 14.8 Å². The molecule has 0 spiro atoms. The van der Waals surface area contributed by atoms with E-state index in [-0.39, 0.29) is 34.1 Å². The van der Waals surface area contributed by atoms with Crippen LogP contribution in [0.4, 0.5) is 20.2 Å². The Balaban J connectivity index is 1.42. The molecule has 0 atom stereocenters. The lowest BCUT2D eigenvalue weighted by atomic mass is 9.53. The molecule has 4 saturated carbocycles. The van der Waals surface area contributed by atoms with E-state index in [1.54, 1.807) is 4.68 Å². The van der Waals surface area contributed by atoms with E-state index < -0.39 is 17.4 Å². The summed E-state index contributed by atoms with van der Waals surface area (Å²) in [6.07, 6.45) is 7.82. The number of halogens is 2. The van der Waals surface area contributed by atoms with Gasteiger partial charge < -0.3 is 14.8 Å². The topological polar surface area (TPSA) is 109 Å². The van der Waals surface area contributed by atoms with Gasteiger partial charge in [0.25, 0.3) is 5.91 Å². The van der Waals surface area contributed by atoms with Crippen LogP contribution >= 0.6 is 0 Å². The molecule has 33 heavy (non-hydrogen) atoms. The van der Waals surface area contributed by atoms with Crippen molar-refractivity contribution in [1.82, 2.24) is 9.78 Å². The molecule has 2 aromatic rings. The zero-order valence-corrected chi connectivity index (χ0v) is 18.0. The fourth-order valence-electron chi connectivity index (χ4n) is 6.38. The van der Waals surface area contributed by atoms with Crippen LogP contribution in [0.2, 0.25) is 0 Å². The van der Waals surface area contributed by atoms with Crippen molar-refractivity contribution in [2.75, 3.05) is 12.4 Å². The normalized spacial score (nSPS) is 27.6. The minimum atomic E-state index is -3.03. The monoisotopic (exact) mass is 462 g/mol. The first kappa shape index (κ1) is 21.6. The second-order valence-electron chi connectivity index (χ2n) is 9.40. The number of amides is 1. The van der Waals surface area contributed by atoms with Crippen LogP contribution in [0.3, 0.4) is 0 Å². The van der Waals surface area contributed by atoms with Crippen molar-refractivity contribution in [2.45, 2.75) is 50.7 Å². The summed E-state index contributed by atoms with van der Waals surface area (Å²) in [5.74, 6) is 0.869. The van der Waals surface area contributed by atoms with Crippen LogP contribution in [0.5, 0.6) is 11.5 Å². The zero-order valence-electron chi connectivity index (χ0n) is 18.0. The lowest BCUT2D eigenvalue weighted by molar-refractivity contribution is -0.385. The Bertz CT molecular complexity index is 1070. The zero-order chi connectivity index (χ0) is 23.3. The maximum Gasteiger partial charge on any atom is 0.387 e. The minimum Gasteiger partial charge on any atom is -0.493 e. The number of benzene rings is 1. The van der Waals surface area contributed by atoms with E-state index in [1.807, 2.05) is 0 Å². The van der Waals surface area contributed by atoms with Crippen LogP contribution in [0.15, 0.2) is 24.4 Å². The SMILES string of the molecule is COc1cc(NC(=O)c2nn(C34CC5CC(CC(C5)C3)C4)cc2[N+](=O)[O-])ccc1OC(F)F. The van der Waals surface area contributed by atoms with Gasteiger partial charge in [-0.05, 0) is 68.4 Å². The number of nitro groups is 1. The Hall–Kier alpha value is -3.24. The van der Waals surface area contributed by atoms with Gasteiger partial charge in [-0.25, -0.2) is 0 Å². The highest BCUT2D eigenvalue weighted by Crippen LogP contribution is 2.58. The summed E-state index contributed by atoms with van der Waals surface area (Å²) in [7, 11) is 1.28. The van der Waals surface area contributed by atoms with Crippen LogP contribution in [-0.4, -0.2) is 34.3 Å². The number of carbonyl (C=O) groups is 1. The molecule has 1 amide bonds. The first-order chi connectivity index (χ1) is 15.8. The molecule has 1 heterocycles. The van der Waals surface area contributed by atoms with Gasteiger partial charge in [0.15, 0.2) is 11.5 Å². The number of aromatic nitrogens is 2. The molecule has 1 aromatic carbocycles. The van der Waals surface area contributed by atoms with Crippen molar-refractivity contribution in [3.05, 3.63) is 40.2 Å². The average Bonchev–Trinajstić information content (AvgIpc) is 3.20. The molecular weight excluding hydrogens is 438 g/mol. The number of nitrogens with zero attached hydrogens (tertiary/aromatic N) is 3. The van der Waals surface area contributed by atoms with E-state index in [9.17, 15) is 23.7 Å². The summed E-state index contributed by atoms with van der Waals surface area (Å²) in [5, 5.41) is 18.7. The van der Waals surface area contributed by atoms with Crippen molar-refractivity contribution in [3.63, 3.8) is 0 Å². The number of nitrogens with one attached hydrogen (secondary N) is 1. The van der Waals surface area contributed by atoms with Crippen LogP contribution in [0.1, 0.15) is 49.0 Å². The molecule has 4 aliphatic carbocycles. The largest absolute Gasteiger partial charge is 0.493 e. The standard InChI is InChI=1S/C22H24F2N4O5/c1-32-18-7-15(2-3-17(18)33-21(23)24)25-20(29)19-16(28(30)31)11-27(26-19)22-8-12-4-13(9-22)6-14(5-12)10-22/h2-3,7,11-14,21H,4-6,8-10H2,1H3,(H,25,29). The third kappa shape index (κ3) is 3.89. The molecule has 4 fully saturated rings. The molecule has 11 heteroatoms. The van der Waals surface area contributed by atoms with Crippen LogP contribution in [-0.2, 0) is 5.54 Å². The maximum atomic E-state index is 13.0. The number of carbonyl (C=O) groups excluding carboxylic acids is 1. The molecule has 6 rings (SSSR count). The lowest BCUT2D eigenvalue weighted by Crippen LogP contribution is -2.52. The number of hydrogen-bond donors (Lipinski definition) is 1. The number of ether oxygens (including phenoxy) is 2. The third-order valence-corrected chi connectivity index (χ3v) is 7.24. The number of alkyl halides is 2. The quantitative estimate of drug-likeness (QED) is 0.477. The minimum absolute atomic E-state index is 0.0123. The highest BCUT2D eigenvalue weighted by Gasteiger charge is 2.53. The maximum absolute atomic E-state index is 13.0. The van der Waals surface area contributed by atoms with Crippen LogP contribution in [0, 0.1) is 27.9 Å². The average molecular weight is 462 g/mol. The lowest BCUT2D eigenvalue weighted by Gasteiger charge is -2.56. The number of rotatable bonds is 7. The smallest absolute Gasteiger partial charge is 0.387 e. The van der Waals surface area contributed by atoms with E-state index in [0.29, 0.717) is 17.8 Å². The number of anilines is 1. The Kier molecular flexibility index (Phi) is 5.21. The number of methoxy groups -OCH3 is 1. The fraction of sp³-hybridized carbons (Fsp3) is 0.545. The van der Waals surface area contributed by atoms with Crippen molar-refractivity contribution in [3.8, 4) is 11.5 Å². The van der Waals surface area contributed by atoms with Crippen molar-refractivity contribution >= 4 is 17.3 Å². The fourth-order valence-corrected chi connectivity index (χ4v) is 6.38. The Labute approximate surface area is 188 Å². The summed E-state index contributed by atoms with van der Waals surface area (Å²) >= 11 is 0. The summed E-state index contributed by atoms with van der Waals surface area (Å²) in [6, 6.07) is 3.88. The second-order valence-corrected chi connectivity index (χ2v) is 9.40. The van der Waals surface area contributed by atoms with E-state index in [0.717, 1.165) is 19.3 Å². The van der Waals surface area contributed by atoms with Crippen molar-refractivity contribution in [1.29, 1.82) is 0 Å². The van der Waals surface area contributed by atoms with E-state index in [1.165, 1.54) is 50.8 Å². The Morgan fingerprint density at radius 1 is 1.21 bits per heavy atom. The second kappa shape index (κ2) is 7.96. The molecule has 4 aliphatic rings. The molecule has 0 saturated heterocycles. The van der Waals surface area contributed by atoms with Crippen LogP contribution in [0.25, 0.3) is 0 Å². The first-order valence-electron chi connectivity index (χ1n) is 10.9.